The molecule has 2 N–H and O–H groups in total. The average molecular weight is 506 g/mol. The van der Waals surface area contributed by atoms with Crippen LogP contribution in [0.1, 0.15) is 24.2 Å². The highest BCUT2D eigenvalue weighted by Gasteiger charge is 2.26. The van der Waals surface area contributed by atoms with Crippen LogP contribution in [-0.4, -0.2) is 70.1 Å². The molecule has 0 radical (unpaired) electrons. The molecule has 192 valence electrons. The SMILES string of the molecule is C[C@@H]1CN(c2ccc(C(=O)Nc3cc(F)c4nn(C)cc4c3)c3nc(OC4COC4)ncc23)C[C@H](C)N1. The standard InChI is InChI=1S/C26H28FN7O3/c1-14-9-34(10-15(2)29-14)22-5-4-19(24-20(22)8-28-26(31-24)37-18-12-36-13-18)25(35)30-17-6-16-11-33(3)32-23(16)21(27)7-17/h4-8,11,14-15,18,29H,9-10,12-13H2,1-3H3,(H,30,35)/t14-,15+. The first kappa shape index (κ1) is 23.6. The zero-order valence-corrected chi connectivity index (χ0v) is 20.9. The summed E-state index contributed by atoms with van der Waals surface area (Å²) in [7, 11) is 1.72. The van der Waals surface area contributed by atoms with Crippen LogP contribution in [0.5, 0.6) is 6.01 Å². The molecule has 2 aliphatic heterocycles. The summed E-state index contributed by atoms with van der Waals surface area (Å²) in [6, 6.07) is 7.46. The molecule has 2 atom stereocenters. The highest BCUT2D eigenvalue weighted by Crippen LogP contribution is 2.32. The fraction of sp³-hybridized carbons (Fsp3) is 0.385. The molecule has 0 saturated carbocycles. The number of halogens is 1. The van der Waals surface area contributed by atoms with Gasteiger partial charge in [0.25, 0.3) is 5.91 Å². The summed E-state index contributed by atoms with van der Waals surface area (Å²) < 4.78 is 27.2. The third-order valence-corrected chi connectivity index (χ3v) is 6.66. The molecule has 0 aliphatic carbocycles. The van der Waals surface area contributed by atoms with Crippen molar-refractivity contribution in [2.24, 2.45) is 7.05 Å². The lowest BCUT2D eigenvalue weighted by atomic mass is 10.0. The lowest BCUT2D eigenvalue weighted by Crippen LogP contribution is -2.54. The molecule has 2 fully saturated rings. The minimum Gasteiger partial charge on any atom is -0.455 e. The number of aromatic nitrogens is 4. The molecule has 10 nitrogen and oxygen atoms in total. The Morgan fingerprint density at radius 1 is 1.19 bits per heavy atom. The van der Waals surface area contributed by atoms with Crippen LogP contribution in [0.4, 0.5) is 15.8 Å². The number of piperazine rings is 1. The highest BCUT2D eigenvalue weighted by molar-refractivity contribution is 6.14. The maximum Gasteiger partial charge on any atom is 0.317 e. The fourth-order valence-corrected chi connectivity index (χ4v) is 5.04. The Kier molecular flexibility index (Phi) is 5.88. The fourth-order valence-electron chi connectivity index (χ4n) is 5.04. The summed E-state index contributed by atoms with van der Waals surface area (Å²) in [5.41, 5.74) is 2.36. The van der Waals surface area contributed by atoms with E-state index >= 15 is 0 Å². The molecular weight excluding hydrogens is 477 g/mol. The number of amides is 1. The van der Waals surface area contributed by atoms with E-state index in [1.54, 1.807) is 31.6 Å². The van der Waals surface area contributed by atoms with Gasteiger partial charge in [-0.1, -0.05) is 0 Å². The second-order valence-corrected chi connectivity index (χ2v) is 9.85. The molecule has 2 aromatic heterocycles. The summed E-state index contributed by atoms with van der Waals surface area (Å²) in [4.78, 5) is 24.8. The van der Waals surface area contributed by atoms with Crippen LogP contribution in [0, 0.1) is 5.82 Å². The topological polar surface area (TPSA) is 106 Å². The largest absolute Gasteiger partial charge is 0.455 e. The highest BCUT2D eigenvalue weighted by atomic mass is 19.1. The van der Waals surface area contributed by atoms with Crippen molar-refractivity contribution < 1.29 is 18.7 Å². The van der Waals surface area contributed by atoms with Gasteiger partial charge in [-0.2, -0.15) is 10.1 Å². The van der Waals surface area contributed by atoms with Gasteiger partial charge in [-0.15, -0.1) is 0 Å². The van der Waals surface area contributed by atoms with Gasteiger partial charge in [-0.3, -0.25) is 9.48 Å². The number of fused-ring (bicyclic) bond motifs is 2. The van der Waals surface area contributed by atoms with Crippen molar-refractivity contribution in [1.82, 2.24) is 25.1 Å². The quantitative estimate of drug-likeness (QED) is 0.427. The smallest absolute Gasteiger partial charge is 0.317 e. The van der Waals surface area contributed by atoms with Crippen LogP contribution in [0.25, 0.3) is 21.8 Å². The first-order valence-corrected chi connectivity index (χ1v) is 12.3. The number of carbonyl (C=O) groups is 1. The van der Waals surface area contributed by atoms with Crippen LogP contribution >= 0.6 is 0 Å². The number of carbonyl (C=O) groups excluding carboxylic acids is 1. The minimum atomic E-state index is -0.503. The maximum atomic E-state index is 14.6. The van der Waals surface area contributed by atoms with Crippen molar-refractivity contribution in [3.8, 4) is 6.01 Å². The zero-order chi connectivity index (χ0) is 25.7. The lowest BCUT2D eigenvalue weighted by molar-refractivity contribution is -0.0830. The summed E-state index contributed by atoms with van der Waals surface area (Å²) >= 11 is 0. The maximum absolute atomic E-state index is 14.6. The van der Waals surface area contributed by atoms with Crippen molar-refractivity contribution in [3.05, 3.63) is 48.0 Å². The predicted octanol–water partition coefficient (Wildman–Crippen LogP) is 2.87. The number of anilines is 2. The first-order valence-electron chi connectivity index (χ1n) is 12.3. The number of hydrogen-bond donors (Lipinski definition) is 2. The number of benzene rings is 2. The van der Waals surface area contributed by atoms with Gasteiger partial charge in [0.2, 0.25) is 0 Å². The Morgan fingerprint density at radius 3 is 2.70 bits per heavy atom. The molecule has 1 amide bonds. The molecule has 37 heavy (non-hydrogen) atoms. The Bertz CT molecular complexity index is 1490. The van der Waals surface area contributed by atoms with Crippen LogP contribution in [0.2, 0.25) is 0 Å². The van der Waals surface area contributed by atoms with E-state index in [9.17, 15) is 9.18 Å². The number of rotatable bonds is 5. The van der Waals surface area contributed by atoms with E-state index in [0.29, 0.717) is 47.5 Å². The molecule has 11 heteroatoms. The van der Waals surface area contributed by atoms with Gasteiger partial charge in [0.15, 0.2) is 5.82 Å². The van der Waals surface area contributed by atoms with Gasteiger partial charge < -0.3 is 25.0 Å². The molecular formula is C26H28FN7O3. The first-order chi connectivity index (χ1) is 17.8. The normalized spacial score (nSPS) is 20.3. The van der Waals surface area contributed by atoms with Gasteiger partial charge in [0.1, 0.15) is 11.6 Å². The van der Waals surface area contributed by atoms with E-state index in [2.05, 4.69) is 44.4 Å². The van der Waals surface area contributed by atoms with E-state index in [0.717, 1.165) is 24.2 Å². The van der Waals surface area contributed by atoms with Crippen LogP contribution < -0.4 is 20.3 Å². The third kappa shape index (κ3) is 4.56. The monoisotopic (exact) mass is 505 g/mol. The number of hydrogen-bond acceptors (Lipinski definition) is 8. The van der Waals surface area contributed by atoms with Gasteiger partial charge in [-0.05, 0) is 38.1 Å². The van der Waals surface area contributed by atoms with Gasteiger partial charge in [0, 0.05) is 66.8 Å². The average Bonchev–Trinajstić information content (AvgIpc) is 3.20. The lowest BCUT2D eigenvalue weighted by Gasteiger charge is -2.38. The van der Waals surface area contributed by atoms with E-state index in [4.69, 9.17) is 9.47 Å². The van der Waals surface area contributed by atoms with E-state index in [-0.39, 0.29) is 17.6 Å². The van der Waals surface area contributed by atoms with Crippen molar-refractivity contribution in [3.63, 3.8) is 0 Å². The van der Waals surface area contributed by atoms with Crippen molar-refractivity contribution in [2.45, 2.75) is 32.0 Å². The molecule has 2 aromatic carbocycles. The molecule has 0 spiro atoms. The zero-order valence-electron chi connectivity index (χ0n) is 20.9. The molecule has 2 aliphatic rings. The Morgan fingerprint density at radius 2 is 1.97 bits per heavy atom. The molecule has 6 rings (SSSR count). The van der Waals surface area contributed by atoms with Crippen molar-refractivity contribution in [2.75, 3.05) is 36.5 Å². The van der Waals surface area contributed by atoms with E-state index in [1.165, 1.54) is 10.7 Å². The summed E-state index contributed by atoms with van der Waals surface area (Å²) in [6.45, 7) is 6.88. The predicted molar refractivity (Wildman–Crippen MR) is 138 cm³/mol. The van der Waals surface area contributed by atoms with Gasteiger partial charge in [-0.25, -0.2) is 9.37 Å². The summed E-state index contributed by atoms with van der Waals surface area (Å²) in [5.74, 6) is -0.908. The molecule has 4 heterocycles. The Hall–Kier alpha value is -3.83. The number of nitrogens with one attached hydrogen (secondary N) is 2. The molecule has 4 aromatic rings. The van der Waals surface area contributed by atoms with Crippen molar-refractivity contribution in [1.29, 1.82) is 0 Å². The van der Waals surface area contributed by atoms with Crippen molar-refractivity contribution >= 4 is 39.1 Å². The molecule has 0 unspecified atom stereocenters. The van der Waals surface area contributed by atoms with Gasteiger partial charge in [0.05, 0.1) is 24.3 Å². The van der Waals surface area contributed by atoms with Gasteiger partial charge >= 0.3 is 6.01 Å². The summed E-state index contributed by atoms with van der Waals surface area (Å²) in [5, 5.41) is 11.8. The summed E-state index contributed by atoms with van der Waals surface area (Å²) in [6.07, 6.45) is 3.30. The third-order valence-electron chi connectivity index (χ3n) is 6.66. The van der Waals surface area contributed by atoms with Crippen LogP contribution in [0.15, 0.2) is 36.7 Å². The Balaban J connectivity index is 1.39. The van der Waals surface area contributed by atoms with E-state index < -0.39 is 11.7 Å². The number of aryl methyl sites for hydroxylation is 1. The molecule has 2 saturated heterocycles. The van der Waals surface area contributed by atoms with Crippen LogP contribution in [-0.2, 0) is 11.8 Å². The molecule has 0 bridgehead atoms. The minimum absolute atomic E-state index is 0.109. The van der Waals surface area contributed by atoms with E-state index in [1.807, 2.05) is 6.07 Å². The van der Waals surface area contributed by atoms with Crippen LogP contribution in [0.3, 0.4) is 0 Å². The number of nitrogens with zero attached hydrogens (tertiary/aromatic N) is 5. The second kappa shape index (κ2) is 9.24. The Labute approximate surface area is 212 Å². The second-order valence-electron chi connectivity index (χ2n) is 9.85. The number of ether oxygens (including phenoxy) is 2.